The number of hydrogen-bond acceptors (Lipinski definition) is 4. The van der Waals surface area contributed by atoms with Crippen LogP contribution in [0.1, 0.15) is 16.7 Å². The highest BCUT2D eigenvalue weighted by atomic mass is 35.5. The Morgan fingerprint density at radius 3 is 2.15 bits per heavy atom. The molecule has 7 heteroatoms. The van der Waals surface area contributed by atoms with Crippen molar-refractivity contribution in [3.05, 3.63) is 63.1 Å². The van der Waals surface area contributed by atoms with E-state index < -0.39 is 0 Å². The smallest absolute Gasteiger partial charge is 0.211 e. The molecule has 0 fully saturated rings. The summed E-state index contributed by atoms with van der Waals surface area (Å²) in [6.07, 6.45) is 0.571. The van der Waals surface area contributed by atoms with Gasteiger partial charge in [0.2, 0.25) is 6.41 Å². The Balaban J connectivity index is 0.000000208. The second-order valence-electron chi connectivity index (χ2n) is 6.04. The van der Waals surface area contributed by atoms with Crippen molar-refractivity contribution in [2.75, 3.05) is 17.8 Å². The van der Waals surface area contributed by atoms with Crippen LogP contribution in [0, 0.1) is 20.8 Å². The molecule has 0 aliphatic carbocycles. The van der Waals surface area contributed by atoms with E-state index in [-0.39, 0.29) is 0 Å². The average Bonchev–Trinajstić information content (AvgIpc) is 2.58. The summed E-state index contributed by atoms with van der Waals surface area (Å²) in [4.78, 5) is 14.6. The lowest BCUT2D eigenvalue weighted by molar-refractivity contribution is -0.105. The molecule has 0 saturated carbocycles. The Kier molecular flexibility index (Phi) is 7.42. The molecule has 5 nitrogen and oxygen atoms in total. The van der Waals surface area contributed by atoms with Gasteiger partial charge in [-0.2, -0.15) is 0 Å². The number of amides is 1. The number of carbonyl (C=O) groups excluding carboxylic acids is 1. The van der Waals surface area contributed by atoms with Gasteiger partial charge in [-0.1, -0.05) is 35.3 Å². The summed E-state index contributed by atoms with van der Waals surface area (Å²) in [5.74, 6) is 0.862. The predicted molar refractivity (Wildman–Crippen MR) is 115 cm³/mol. The number of aromatic nitrogens is 1. The first kappa shape index (κ1) is 21.0. The zero-order valence-corrected chi connectivity index (χ0v) is 17.2. The minimum Gasteiger partial charge on any atom is -0.329 e. The molecule has 3 aromatic rings. The molecule has 0 atom stereocenters. The van der Waals surface area contributed by atoms with Crippen molar-refractivity contribution in [2.45, 2.75) is 20.8 Å². The molecule has 0 aliphatic heterocycles. The first-order valence-electron chi connectivity index (χ1n) is 8.32. The van der Waals surface area contributed by atoms with Crippen molar-refractivity contribution in [1.82, 2.24) is 10.4 Å². The highest BCUT2D eigenvalue weighted by Crippen LogP contribution is 2.26. The van der Waals surface area contributed by atoms with Gasteiger partial charge >= 0.3 is 0 Å². The van der Waals surface area contributed by atoms with Crippen LogP contribution in [0.25, 0.3) is 10.9 Å². The molecule has 142 valence electrons. The molecule has 3 rings (SSSR count). The Bertz CT molecular complexity index is 940. The highest BCUT2D eigenvalue weighted by Gasteiger charge is 2.07. The van der Waals surface area contributed by atoms with Gasteiger partial charge in [0.1, 0.15) is 5.82 Å². The second-order valence-corrected chi connectivity index (χ2v) is 6.92. The van der Waals surface area contributed by atoms with Gasteiger partial charge in [0, 0.05) is 28.2 Å². The summed E-state index contributed by atoms with van der Waals surface area (Å²) in [5.41, 5.74) is 11.3. The third-order valence-corrected chi connectivity index (χ3v) is 4.35. The molecule has 1 heterocycles. The first-order valence-corrected chi connectivity index (χ1v) is 9.08. The van der Waals surface area contributed by atoms with Gasteiger partial charge in [-0.05, 0) is 61.7 Å². The summed E-state index contributed by atoms with van der Waals surface area (Å²) >= 11 is 11.3. The number of fused-ring (bicyclic) bond motifs is 1. The maximum absolute atomic E-state index is 10.00. The molecule has 0 saturated heterocycles. The van der Waals surface area contributed by atoms with Crippen LogP contribution in [0.5, 0.6) is 0 Å². The minimum absolute atomic E-state index is 0.502. The molecular formula is C20H22Cl2N4O. The Labute approximate surface area is 169 Å². The molecule has 0 aliphatic rings. The van der Waals surface area contributed by atoms with Crippen molar-refractivity contribution >= 4 is 52.0 Å². The summed E-state index contributed by atoms with van der Waals surface area (Å²) in [6, 6.07) is 11.2. The predicted octanol–water partition coefficient (Wildman–Crippen LogP) is 5.27. The van der Waals surface area contributed by atoms with E-state index in [0.717, 1.165) is 11.3 Å². The van der Waals surface area contributed by atoms with Crippen molar-refractivity contribution in [3.8, 4) is 0 Å². The van der Waals surface area contributed by atoms with E-state index in [2.05, 4.69) is 60.1 Å². The van der Waals surface area contributed by atoms with Crippen LogP contribution < -0.4 is 16.2 Å². The van der Waals surface area contributed by atoms with E-state index in [0.29, 0.717) is 22.1 Å². The summed E-state index contributed by atoms with van der Waals surface area (Å²) in [7, 11) is 1.84. The van der Waals surface area contributed by atoms with Crippen LogP contribution in [-0.2, 0) is 4.79 Å². The normalized spacial score (nSPS) is 10.1. The lowest BCUT2D eigenvalue weighted by atomic mass is 10.0. The Hall–Kier alpha value is -2.34. The number of nitrogens with zero attached hydrogens (tertiary/aromatic N) is 1. The zero-order chi connectivity index (χ0) is 20.0. The summed E-state index contributed by atoms with van der Waals surface area (Å²) < 4.78 is 0. The monoisotopic (exact) mass is 404 g/mol. The largest absolute Gasteiger partial charge is 0.329 e. The lowest BCUT2D eigenvalue weighted by Crippen LogP contribution is -2.16. The van der Waals surface area contributed by atoms with Crippen LogP contribution in [0.4, 0.5) is 11.5 Å². The zero-order valence-electron chi connectivity index (χ0n) is 15.7. The molecule has 1 aromatic heterocycles. The van der Waals surface area contributed by atoms with Gasteiger partial charge < -0.3 is 10.7 Å². The van der Waals surface area contributed by atoms with Crippen molar-refractivity contribution < 1.29 is 4.79 Å². The topological polar surface area (TPSA) is 66.0 Å². The number of nitrogens with one attached hydrogen (secondary N) is 3. The fourth-order valence-electron chi connectivity index (χ4n) is 2.77. The van der Waals surface area contributed by atoms with Crippen LogP contribution in [0.15, 0.2) is 36.4 Å². The standard InChI is InChI=1S/C13H17N3.C7H5Cl2NO/c1-8-5-6-9(2)13-12(8)10(3)7-11(15-13)16-14-4;8-5-1-6(9)3-7(2-5)10-4-11/h5-7,14H,1-4H3,(H,15,16);1-4H,(H,10,11). The van der Waals surface area contributed by atoms with Crippen molar-refractivity contribution in [3.63, 3.8) is 0 Å². The van der Waals surface area contributed by atoms with Gasteiger partial charge in [0.05, 0.1) is 5.52 Å². The van der Waals surface area contributed by atoms with E-state index in [1.165, 1.54) is 22.1 Å². The van der Waals surface area contributed by atoms with E-state index in [9.17, 15) is 4.79 Å². The quantitative estimate of drug-likeness (QED) is 0.409. The van der Waals surface area contributed by atoms with Crippen LogP contribution in [-0.4, -0.2) is 18.4 Å². The molecular weight excluding hydrogens is 383 g/mol. The molecule has 0 spiro atoms. The first-order chi connectivity index (χ1) is 12.8. The summed E-state index contributed by atoms with van der Waals surface area (Å²) in [5, 5.41) is 4.71. The van der Waals surface area contributed by atoms with Crippen LogP contribution in [0.2, 0.25) is 10.0 Å². The number of hydrogen-bond donors (Lipinski definition) is 3. The lowest BCUT2D eigenvalue weighted by Gasteiger charge is -2.11. The number of hydrazine groups is 1. The summed E-state index contributed by atoms with van der Waals surface area (Å²) in [6.45, 7) is 6.34. The van der Waals surface area contributed by atoms with E-state index in [1.54, 1.807) is 18.2 Å². The second kappa shape index (κ2) is 9.55. The van der Waals surface area contributed by atoms with E-state index >= 15 is 0 Å². The van der Waals surface area contributed by atoms with Crippen molar-refractivity contribution in [2.24, 2.45) is 0 Å². The maximum Gasteiger partial charge on any atom is 0.211 e. The molecule has 0 radical (unpaired) electrons. The molecule has 0 unspecified atom stereocenters. The number of benzene rings is 2. The van der Waals surface area contributed by atoms with Gasteiger partial charge in [0.25, 0.3) is 0 Å². The number of carbonyl (C=O) groups is 1. The van der Waals surface area contributed by atoms with Crippen LogP contribution in [0.3, 0.4) is 0 Å². The fraction of sp³-hybridized carbons (Fsp3) is 0.200. The van der Waals surface area contributed by atoms with Crippen LogP contribution >= 0.6 is 23.2 Å². The van der Waals surface area contributed by atoms with Gasteiger partial charge in [-0.15, -0.1) is 0 Å². The molecule has 2 aromatic carbocycles. The Morgan fingerprint density at radius 1 is 0.926 bits per heavy atom. The molecule has 0 bridgehead atoms. The average molecular weight is 405 g/mol. The number of anilines is 2. The molecule has 3 N–H and O–H groups in total. The van der Waals surface area contributed by atoms with Gasteiger partial charge in [0.15, 0.2) is 0 Å². The number of pyridine rings is 1. The minimum atomic E-state index is 0.502. The number of aryl methyl sites for hydroxylation is 3. The van der Waals surface area contributed by atoms with E-state index in [1.807, 2.05) is 7.05 Å². The third kappa shape index (κ3) is 5.57. The SMILES string of the molecule is CNNc1cc(C)c2c(C)ccc(C)c2n1.O=CNc1cc(Cl)cc(Cl)c1. The Morgan fingerprint density at radius 2 is 1.56 bits per heavy atom. The number of halogens is 2. The number of rotatable bonds is 4. The van der Waals surface area contributed by atoms with Crippen molar-refractivity contribution in [1.29, 1.82) is 0 Å². The van der Waals surface area contributed by atoms with E-state index in [4.69, 9.17) is 23.2 Å². The highest BCUT2D eigenvalue weighted by molar-refractivity contribution is 6.35. The van der Waals surface area contributed by atoms with Gasteiger partial charge in [-0.25, -0.2) is 10.4 Å². The van der Waals surface area contributed by atoms with Gasteiger partial charge in [-0.3, -0.25) is 4.79 Å². The molecule has 1 amide bonds. The molecule has 27 heavy (non-hydrogen) atoms. The fourth-order valence-corrected chi connectivity index (χ4v) is 3.29. The third-order valence-electron chi connectivity index (χ3n) is 3.91. The maximum atomic E-state index is 10.00.